The van der Waals surface area contributed by atoms with Gasteiger partial charge < -0.3 is 14.9 Å². The molecule has 0 saturated carbocycles. The van der Waals surface area contributed by atoms with Gasteiger partial charge in [-0.3, -0.25) is 0 Å². The number of hydrogen-bond donors (Lipinski definition) is 1. The van der Waals surface area contributed by atoms with Gasteiger partial charge in [0.1, 0.15) is 9.57 Å². The van der Waals surface area contributed by atoms with Crippen molar-refractivity contribution in [1.29, 1.82) is 0 Å². The maximum Gasteiger partial charge on any atom is 0.124 e. The molecule has 1 heterocycles. The second kappa shape index (κ2) is 7.85. The van der Waals surface area contributed by atoms with Crippen LogP contribution in [0.4, 0.5) is 0 Å². The summed E-state index contributed by atoms with van der Waals surface area (Å²) in [4.78, 5) is 5.41. The fraction of sp³-hybridized carbons (Fsp3) is 0.471. The van der Waals surface area contributed by atoms with E-state index in [9.17, 15) is 5.11 Å². The molecule has 1 aromatic carbocycles. The van der Waals surface area contributed by atoms with Crippen molar-refractivity contribution < 1.29 is 5.11 Å². The molecule has 0 radical (unpaired) electrons. The Labute approximate surface area is 151 Å². The summed E-state index contributed by atoms with van der Waals surface area (Å²) in [6.45, 7) is 3.59. The van der Waals surface area contributed by atoms with Gasteiger partial charge in [-0.1, -0.05) is 39.8 Å². The highest BCUT2D eigenvalue weighted by Gasteiger charge is 2.16. The second-order valence-electron chi connectivity index (χ2n) is 6.23. The highest BCUT2D eigenvalue weighted by Crippen LogP contribution is 2.38. The van der Waals surface area contributed by atoms with Crippen LogP contribution in [-0.2, 0) is 19.5 Å². The Bertz CT molecular complexity index is 701. The topological polar surface area (TPSA) is 26.7 Å². The van der Waals surface area contributed by atoms with Crippen LogP contribution in [0.2, 0.25) is 0 Å². The van der Waals surface area contributed by atoms with Crippen molar-refractivity contribution in [3.05, 3.63) is 32.6 Å². The van der Waals surface area contributed by atoms with E-state index in [1.54, 1.807) is 20.7 Å². The third-order valence-electron chi connectivity index (χ3n) is 3.58. The zero-order chi connectivity index (χ0) is 17.1. The van der Waals surface area contributed by atoms with Gasteiger partial charge in [-0.25, -0.2) is 0 Å². The average molecular weight is 369 g/mol. The molecule has 0 aliphatic rings. The molecule has 0 amide bonds. The molecule has 1 N–H and O–H groups in total. The normalized spacial score (nSPS) is 11.6. The first-order valence-electron chi connectivity index (χ1n) is 7.60. The molecule has 6 heteroatoms. The van der Waals surface area contributed by atoms with E-state index < -0.39 is 0 Å². The van der Waals surface area contributed by atoms with Crippen LogP contribution in [0.25, 0.3) is 10.4 Å². The molecule has 0 bridgehead atoms. The number of phenols is 1. The molecule has 3 nitrogen and oxygen atoms in total. The van der Waals surface area contributed by atoms with Gasteiger partial charge >= 0.3 is 0 Å². The first-order valence-corrected chi connectivity index (χ1v) is 10.2. The second-order valence-corrected chi connectivity index (χ2v) is 9.05. The highest BCUT2D eigenvalue weighted by atomic mass is 32.9. The SMILES string of the molecule is CCc1c(-c2cc(CN(C)C)c(O)c(CN(C)C)c2)ssc1=S. The fourth-order valence-corrected chi connectivity index (χ4v) is 5.73. The lowest BCUT2D eigenvalue weighted by Crippen LogP contribution is -2.14. The predicted molar refractivity (Wildman–Crippen MR) is 104 cm³/mol. The molecule has 0 unspecified atom stereocenters. The van der Waals surface area contributed by atoms with Crippen LogP contribution in [0.5, 0.6) is 5.75 Å². The van der Waals surface area contributed by atoms with E-state index in [4.69, 9.17) is 12.2 Å². The van der Waals surface area contributed by atoms with Crippen LogP contribution in [0.1, 0.15) is 23.6 Å². The summed E-state index contributed by atoms with van der Waals surface area (Å²) in [7, 11) is 11.5. The number of rotatable bonds is 6. The maximum absolute atomic E-state index is 10.6. The van der Waals surface area contributed by atoms with E-state index in [1.807, 2.05) is 28.2 Å². The standard InChI is InChI=1S/C17H24N2OS3/c1-6-14-16(22-23-17(14)21)11-7-12(9-18(2)3)15(20)13(8-11)10-19(4)5/h7-8,20H,6,9-10H2,1-5H3. The summed E-state index contributed by atoms with van der Waals surface area (Å²) in [6.07, 6.45) is 0.946. The van der Waals surface area contributed by atoms with Crippen molar-refractivity contribution in [1.82, 2.24) is 9.80 Å². The van der Waals surface area contributed by atoms with E-state index in [0.29, 0.717) is 5.75 Å². The highest BCUT2D eigenvalue weighted by molar-refractivity contribution is 7.80. The lowest BCUT2D eigenvalue weighted by Gasteiger charge is -2.18. The Kier molecular flexibility index (Phi) is 6.33. The first kappa shape index (κ1) is 18.5. The molecule has 23 heavy (non-hydrogen) atoms. The Morgan fingerprint density at radius 1 is 1.00 bits per heavy atom. The van der Waals surface area contributed by atoms with Crippen LogP contribution >= 0.6 is 32.9 Å². The largest absolute Gasteiger partial charge is 0.507 e. The maximum atomic E-state index is 10.6. The monoisotopic (exact) mass is 368 g/mol. The van der Waals surface area contributed by atoms with Crippen molar-refractivity contribution >= 4 is 32.9 Å². The minimum atomic E-state index is 0.410. The summed E-state index contributed by atoms with van der Waals surface area (Å²) in [6, 6.07) is 4.22. The van der Waals surface area contributed by atoms with Crippen molar-refractivity contribution in [2.45, 2.75) is 26.4 Å². The van der Waals surface area contributed by atoms with Gasteiger partial charge in [0.25, 0.3) is 0 Å². The number of benzene rings is 1. The molecule has 126 valence electrons. The van der Waals surface area contributed by atoms with Crippen LogP contribution in [0, 0.1) is 3.82 Å². The molecule has 0 aliphatic heterocycles. The van der Waals surface area contributed by atoms with Crippen molar-refractivity contribution in [2.24, 2.45) is 0 Å². The summed E-state index contributed by atoms with van der Waals surface area (Å²) in [5, 5.41) is 10.6. The Balaban J connectivity index is 2.60. The van der Waals surface area contributed by atoms with Gasteiger partial charge in [0.15, 0.2) is 0 Å². The van der Waals surface area contributed by atoms with Crippen molar-refractivity contribution in [2.75, 3.05) is 28.2 Å². The molecule has 1 aromatic heterocycles. The molecule has 0 saturated heterocycles. The van der Waals surface area contributed by atoms with E-state index in [2.05, 4.69) is 28.9 Å². The molecule has 0 spiro atoms. The third-order valence-corrected chi connectivity index (χ3v) is 6.77. The van der Waals surface area contributed by atoms with Crippen LogP contribution in [0.15, 0.2) is 12.1 Å². The van der Waals surface area contributed by atoms with Gasteiger partial charge in [0, 0.05) is 24.2 Å². The number of nitrogens with zero attached hydrogens (tertiary/aromatic N) is 2. The Hall–Kier alpha value is -0.790. The quantitative estimate of drug-likeness (QED) is 0.595. The molecule has 2 rings (SSSR count). The Morgan fingerprint density at radius 3 is 1.96 bits per heavy atom. The van der Waals surface area contributed by atoms with Gasteiger partial charge in [0.05, 0.1) is 4.88 Å². The van der Waals surface area contributed by atoms with Crippen molar-refractivity contribution in [3.8, 4) is 16.2 Å². The summed E-state index contributed by atoms with van der Waals surface area (Å²) in [5.74, 6) is 0.410. The van der Waals surface area contributed by atoms with Gasteiger partial charge in [-0.2, -0.15) is 0 Å². The first-order chi connectivity index (χ1) is 10.8. The summed E-state index contributed by atoms with van der Waals surface area (Å²) in [5.41, 5.74) is 4.37. The fourth-order valence-electron chi connectivity index (χ4n) is 2.61. The predicted octanol–water partition coefficient (Wildman–Crippen LogP) is 4.60. The molecular weight excluding hydrogens is 344 g/mol. The zero-order valence-corrected chi connectivity index (χ0v) is 16.8. The van der Waals surface area contributed by atoms with Crippen LogP contribution in [0.3, 0.4) is 0 Å². The number of hydrogen-bond acceptors (Lipinski definition) is 6. The minimum absolute atomic E-state index is 0.410. The lowest BCUT2D eigenvalue weighted by atomic mass is 10.00. The smallest absolute Gasteiger partial charge is 0.124 e. The molecular formula is C17H24N2OS3. The van der Waals surface area contributed by atoms with E-state index in [0.717, 1.165) is 34.5 Å². The van der Waals surface area contributed by atoms with E-state index in [-0.39, 0.29) is 0 Å². The van der Waals surface area contributed by atoms with E-state index >= 15 is 0 Å². The molecule has 0 atom stereocenters. The summed E-state index contributed by atoms with van der Waals surface area (Å²) < 4.78 is 0.990. The van der Waals surface area contributed by atoms with Crippen LogP contribution in [-0.4, -0.2) is 43.1 Å². The number of phenolic OH excluding ortho intramolecular Hbond substituents is 1. The number of aromatic hydroxyl groups is 1. The molecule has 0 fully saturated rings. The minimum Gasteiger partial charge on any atom is -0.507 e. The van der Waals surface area contributed by atoms with E-state index in [1.165, 1.54) is 16.0 Å². The van der Waals surface area contributed by atoms with Gasteiger partial charge in [0.2, 0.25) is 0 Å². The van der Waals surface area contributed by atoms with Gasteiger partial charge in [-0.15, -0.1) is 0 Å². The molecule has 2 aromatic rings. The molecule has 0 aliphatic carbocycles. The lowest BCUT2D eigenvalue weighted by molar-refractivity contribution is 0.368. The summed E-state index contributed by atoms with van der Waals surface area (Å²) >= 11 is 5.47. The zero-order valence-electron chi connectivity index (χ0n) is 14.3. The third kappa shape index (κ3) is 4.39. The van der Waals surface area contributed by atoms with Gasteiger partial charge in [-0.05, 0) is 57.9 Å². The van der Waals surface area contributed by atoms with Crippen LogP contribution < -0.4 is 0 Å². The Morgan fingerprint density at radius 2 is 1.52 bits per heavy atom. The average Bonchev–Trinajstić information content (AvgIpc) is 2.83. The van der Waals surface area contributed by atoms with Crippen molar-refractivity contribution in [3.63, 3.8) is 0 Å².